The number of hydrogen-bond donors (Lipinski definition) is 0. The highest BCUT2D eigenvalue weighted by Gasteiger charge is 2.34. The molecular formula is C19H19ClINO4S. The van der Waals surface area contributed by atoms with Gasteiger partial charge in [0.25, 0.3) is 5.91 Å². The number of amides is 1. The van der Waals surface area contributed by atoms with Crippen LogP contribution in [0.25, 0.3) is 0 Å². The SMILES string of the molecule is O=C(COc1ccc(I)cc1)N(Cc1ccc(Cl)cc1)C1CCS(=O)(=O)C1. The molecule has 0 bridgehead atoms. The van der Waals surface area contributed by atoms with Gasteiger partial charge in [0, 0.05) is 21.2 Å². The van der Waals surface area contributed by atoms with E-state index in [2.05, 4.69) is 22.6 Å². The van der Waals surface area contributed by atoms with Crippen LogP contribution in [0.4, 0.5) is 0 Å². The fraction of sp³-hybridized carbons (Fsp3) is 0.316. The highest BCUT2D eigenvalue weighted by molar-refractivity contribution is 14.1. The minimum Gasteiger partial charge on any atom is -0.484 e. The molecule has 0 spiro atoms. The van der Waals surface area contributed by atoms with E-state index in [4.69, 9.17) is 16.3 Å². The topological polar surface area (TPSA) is 63.7 Å². The minimum atomic E-state index is -3.10. The number of carbonyl (C=O) groups excluding carboxylic acids is 1. The normalized spacial score (nSPS) is 18.2. The van der Waals surface area contributed by atoms with E-state index in [9.17, 15) is 13.2 Å². The van der Waals surface area contributed by atoms with Crippen molar-refractivity contribution in [3.05, 3.63) is 62.7 Å². The number of nitrogens with zero attached hydrogens (tertiary/aromatic N) is 1. The van der Waals surface area contributed by atoms with Gasteiger partial charge >= 0.3 is 0 Å². The first-order chi connectivity index (χ1) is 12.8. The van der Waals surface area contributed by atoms with E-state index in [1.54, 1.807) is 29.2 Å². The van der Waals surface area contributed by atoms with Crippen molar-refractivity contribution in [2.24, 2.45) is 0 Å². The summed E-state index contributed by atoms with van der Waals surface area (Å²) in [6, 6.07) is 14.3. The van der Waals surface area contributed by atoms with E-state index in [-0.39, 0.29) is 30.1 Å². The van der Waals surface area contributed by atoms with E-state index in [0.717, 1.165) is 9.13 Å². The van der Waals surface area contributed by atoms with Gasteiger partial charge in [0.1, 0.15) is 5.75 Å². The van der Waals surface area contributed by atoms with Crippen molar-refractivity contribution in [3.63, 3.8) is 0 Å². The van der Waals surface area contributed by atoms with Crippen molar-refractivity contribution in [2.75, 3.05) is 18.1 Å². The molecule has 1 amide bonds. The van der Waals surface area contributed by atoms with E-state index in [0.29, 0.717) is 23.7 Å². The van der Waals surface area contributed by atoms with Gasteiger partial charge in [-0.15, -0.1) is 0 Å². The van der Waals surface area contributed by atoms with Crippen molar-refractivity contribution in [3.8, 4) is 5.75 Å². The van der Waals surface area contributed by atoms with E-state index < -0.39 is 9.84 Å². The zero-order valence-corrected chi connectivity index (χ0v) is 18.2. The van der Waals surface area contributed by atoms with E-state index in [1.807, 2.05) is 24.3 Å². The molecule has 0 aliphatic carbocycles. The monoisotopic (exact) mass is 519 g/mol. The number of benzene rings is 2. The summed E-state index contributed by atoms with van der Waals surface area (Å²) in [5, 5.41) is 0.613. The molecule has 1 atom stereocenters. The zero-order valence-electron chi connectivity index (χ0n) is 14.5. The summed E-state index contributed by atoms with van der Waals surface area (Å²) in [6.07, 6.45) is 0.450. The lowest BCUT2D eigenvalue weighted by atomic mass is 10.1. The van der Waals surface area contributed by atoms with Gasteiger partial charge in [-0.25, -0.2) is 8.42 Å². The Bertz CT molecular complexity index is 900. The summed E-state index contributed by atoms with van der Waals surface area (Å²) in [4.78, 5) is 14.4. The Balaban J connectivity index is 1.72. The van der Waals surface area contributed by atoms with Crippen molar-refractivity contribution >= 4 is 49.9 Å². The Morgan fingerprint density at radius 1 is 1.15 bits per heavy atom. The second-order valence-electron chi connectivity index (χ2n) is 6.45. The molecule has 1 saturated heterocycles. The summed E-state index contributed by atoms with van der Waals surface area (Å²) in [5.41, 5.74) is 0.895. The molecule has 3 rings (SSSR count). The third-order valence-corrected chi connectivity index (χ3v) is 7.13. The average Bonchev–Trinajstić information content (AvgIpc) is 3.00. The van der Waals surface area contributed by atoms with Gasteiger partial charge in [0.05, 0.1) is 11.5 Å². The van der Waals surface area contributed by atoms with Crippen molar-refractivity contribution in [1.82, 2.24) is 4.90 Å². The van der Waals surface area contributed by atoms with Crippen LogP contribution in [0.1, 0.15) is 12.0 Å². The van der Waals surface area contributed by atoms with Crippen LogP contribution in [-0.2, 0) is 21.2 Å². The molecular weight excluding hydrogens is 501 g/mol. The lowest BCUT2D eigenvalue weighted by Crippen LogP contribution is -2.43. The second-order valence-corrected chi connectivity index (χ2v) is 10.4. The number of hydrogen-bond acceptors (Lipinski definition) is 4. The predicted octanol–water partition coefficient (Wildman–Crippen LogP) is 3.54. The quantitative estimate of drug-likeness (QED) is 0.548. The third-order valence-electron chi connectivity index (χ3n) is 4.41. The standard InChI is InChI=1S/C19H19ClINO4S/c20-15-3-1-14(2-4-15)11-22(17-9-10-27(24,25)13-17)19(23)12-26-18-7-5-16(21)6-8-18/h1-8,17H,9-13H2. The number of carbonyl (C=O) groups is 1. The first-order valence-electron chi connectivity index (χ1n) is 8.45. The van der Waals surface area contributed by atoms with E-state index >= 15 is 0 Å². The Labute approximate surface area is 177 Å². The van der Waals surface area contributed by atoms with Crippen LogP contribution in [0.3, 0.4) is 0 Å². The molecule has 2 aromatic carbocycles. The molecule has 1 heterocycles. The molecule has 0 saturated carbocycles. The maximum Gasteiger partial charge on any atom is 0.261 e. The van der Waals surface area contributed by atoms with Gasteiger partial charge in [-0.1, -0.05) is 23.7 Å². The van der Waals surface area contributed by atoms with Gasteiger partial charge in [0.2, 0.25) is 0 Å². The van der Waals surface area contributed by atoms with Crippen LogP contribution < -0.4 is 4.74 Å². The van der Waals surface area contributed by atoms with Crippen LogP contribution in [0.2, 0.25) is 5.02 Å². The molecule has 8 heteroatoms. The molecule has 27 heavy (non-hydrogen) atoms. The molecule has 5 nitrogen and oxygen atoms in total. The summed E-state index contributed by atoms with van der Waals surface area (Å²) < 4.78 is 30.5. The molecule has 1 aliphatic heterocycles. The molecule has 144 valence electrons. The minimum absolute atomic E-state index is 0.00411. The Kier molecular flexibility index (Phi) is 6.65. The summed E-state index contributed by atoms with van der Waals surface area (Å²) in [5.74, 6) is 0.482. The lowest BCUT2D eigenvalue weighted by molar-refractivity contribution is -0.136. The Hall–Kier alpha value is -1.32. The molecule has 0 N–H and O–H groups in total. The van der Waals surface area contributed by atoms with Gasteiger partial charge in [0.15, 0.2) is 16.4 Å². The van der Waals surface area contributed by atoms with Gasteiger partial charge in [-0.05, 0) is 71.0 Å². The predicted molar refractivity (Wildman–Crippen MR) is 114 cm³/mol. The summed E-state index contributed by atoms with van der Waals surface area (Å²) in [6.45, 7) is 0.191. The number of halogens is 2. The first kappa shape index (κ1) is 20.4. The fourth-order valence-electron chi connectivity index (χ4n) is 2.99. The van der Waals surface area contributed by atoms with Crippen molar-refractivity contribution in [1.29, 1.82) is 0 Å². The zero-order chi connectivity index (χ0) is 19.4. The highest BCUT2D eigenvalue weighted by atomic mass is 127. The van der Waals surface area contributed by atoms with Crippen LogP contribution in [0.15, 0.2) is 48.5 Å². The van der Waals surface area contributed by atoms with Crippen molar-refractivity contribution < 1.29 is 17.9 Å². The number of rotatable bonds is 6. The maximum absolute atomic E-state index is 12.8. The van der Waals surface area contributed by atoms with Crippen molar-refractivity contribution in [2.45, 2.75) is 19.0 Å². The molecule has 2 aromatic rings. The molecule has 1 aliphatic rings. The lowest BCUT2D eigenvalue weighted by Gasteiger charge is -2.28. The Morgan fingerprint density at radius 2 is 1.81 bits per heavy atom. The number of ether oxygens (including phenoxy) is 1. The van der Waals surface area contributed by atoms with Gasteiger partial charge in [-0.2, -0.15) is 0 Å². The number of sulfone groups is 1. The highest BCUT2D eigenvalue weighted by Crippen LogP contribution is 2.22. The fourth-order valence-corrected chi connectivity index (χ4v) is 5.20. The summed E-state index contributed by atoms with van der Waals surface area (Å²) in [7, 11) is -3.10. The smallest absolute Gasteiger partial charge is 0.261 e. The third kappa shape index (κ3) is 5.83. The van der Waals surface area contributed by atoms with E-state index in [1.165, 1.54) is 0 Å². The largest absolute Gasteiger partial charge is 0.484 e. The maximum atomic E-state index is 12.8. The Morgan fingerprint density at radius 3 is 2.41 bits per heavy atom. The van der Waals surface area contributed by atoms with Gasteiger partial charge < -0.3 is 9.64 Å². The second kappa shape index (κ2) is 8.79. The molecule has 0 radical (unpaired) electrons. The van der Waals surface area contributed by atoms with Crippen LogP contribution in [-0.4, -0.2) is 43.4 Å². The summed E-state index contributed by atoms with van der Waals surface area (Å²) >= 11 is 8.12. The van der Waals surface area contributed by atoms with Crippen LogP contribution in [0.5, 0.6) is 5.75 Å². The molecule has 0 aromatic heterocycles. The van der Waals surface area contributed by atoms with Gasteiger partial charge in [-0.3, -0.25) is 4.79 Å². The first-order valence-corrected chi connectivity index (χ1v) is 11.7. The molecule has 1 fully saturated rings. The van der Waals surface area contributed by atoms with Crippen LogP contribution >= 0.6 is 34.2 Å². The average molecular weight is 520 g/mol. The molecule has 1 unspecified atom stereocenters. The van der Waals surface area contributed by atoms with Crippen LogP contribution in [0, 0.1) is 3.57 Å².